The van der Waals surface area contributed by atoms with Crippen LogP contribution in [0.4, 0.5) is 4.39 Å². The van der Waals surface area contributed by atoms with Crippen LogP contribution in [0.2, 0.25) is 0 Å². The summed E-state index contributed by atoms with van der Waals surface area (Å²) in [6, 6.07) is 24.8. The smallest absolute Gasteiger partial charge is 0.123 e. The van der Waals surface area contributed by atoms with Gasteiger partial charge in [0.2, 0.25) is 0 Å². The molecule has 3 heteroatoms. The lowest BCUT2D eigenvalue weighted by molar-refractivity contribution is 0.340. The van der Waals surface area contributed by atoms with Crippen LogP contribution < -0.4 is 4.74 Å². The fourth-order valence-corrected chi connectivity index (χ4v) is 3.35. The lowest BCUT2D eigenvalue weighted by atomic mass is 9.88. The molecule has 0 spiro atoms. The molecule has 0 atom stereocenters. The minimum Gasteiger partial charge on any atom is -0.494 e. The Balaban J connectivity index is 2.20. The van der Waals surface area contributed by atoms with Gasteiger partial charge in [-0.1, -0.05) is 54.6 Å². The number of benzene rings is 3. The van der Waals surface area contributed by atoms with Gasteiger partial charge in [-0.3, -0.25) is 0 Å². The van der Waals surface area contributed by atoms with Crippen LogP contribution in [0.15, 0.2) is 78.9 Å². The van der Waals surface area contributed by atoms with Crippen LogP contribution in [0.5, 0.6) is 5.75 Å². The number of alkyl halides is 1. The zero-order valence-electron chi connectivity index (χ0n) is 15.3. The van der Waals surface area contributed by atoms with Crippen LogP contribution in [-0.4, -0.2) is 12.5 Å². The van der Waals surface area contributed by atoms with Crippen molar-refractivity contribution in [3.8, 4) is 5.75 Å². The highest BCUT2D eigenvalue weighted by Crippen LogP contribution is 2.35. The van der Waals surface area contributed by atoms with E-state index < -0.39 is 0 Å². The first-order valence-electron chi connectivity index (χ1n) is 9.06. The Labute approximate surface area is 165 Å². The summed E-state index contributed by atoms with van der Waals surface area (Å²) < 4.78 is 19.1. The first-order chi connectivity index (χ1) is 13.2. The van der Waals surface area contributed by atoms with Gasteiger partial charge in [-0.25, -0.2) is 4.39 Å². The first-order valence-corrected chi connectivity index (χ1v) is 9.60. The van der Waals surface area contributed by atoms with Gasteiger partial charge in [0.1, 0.15) is 11.6 Å². The van der Waals surface area contributed by atoms with E-state index >= 15 is 0 Å². The first kappa shape index (κ1) is 19.2. The van der Waals surface area contributed by atoms with E-state index in [1.165, 1.54) is 12.1 Å². The minimum atomic E-state index is -0.247. The molecule has 0 unspecified atom stereocenters. The molecular formula is C24H22ClFO. The summed E-state index contributed by atoms with van der Waals surface area (Å²) in [7, 11) is 0. The number of ether oxygens (including phenoxy) is 1. The van der Waals surface area contributed by atoms with Crippen molar-refractivity contribution >= 4 is 22.7 Å². The molecule has 138 valence electrons. The maximum absolute atomic E-state index is 13.5. The second-order valence-corrected chi connectivity index (χ2v) is 6.50. The van der Waals surface area contributed by atoms with Gasteiger partial charge in [-0.15, -0.1) is 11.6 Å². The lowest BCUT2D eigenvalue weighted by Gasteiger charge is -2.17. The quantitative estimate of drug-likeness (QED) is 0.323. The molecule has 0 saturated heterocycles. The number of hydrogen-bond donors (Lipinski definition) is 0. The van der Waals surface area contributed by atoms with Crippen LogP contribution in [0.1, 0.15) is 30.0 Å². The maximum Gasteiger partial charge on any atom is 0.123 e. The molecule has 0 N–H and O–H groups in total. The van der Waals surface area contributed by atoms with E-state index in [1.54, 1.807) is 0 Å². The average Bonchev–Trinajstić information content (AvgIpc) is 2.71. The van der Waals surface area contributed by atoms with Crippen molar-refractivity contribution in [2.24, 2.45) is 0 Å². The van der Waals surface area contributed by atoms with E-state index in [4.69, 9.17) is 16.3 Å². The van der Waals surface area contributed by atoms with Crippen molar-refractivity contribution in [1.82, 2.24) is 0 Å². The van der Waals surface area contributed by atoms with E-state index in [1.807, 2.05) is 61.5 Å². The van der Waals surface area contributed by atoms with Crippen LogP contribution in [0.25, 0.3) is 11.1 Å². The average molecular weight is 381 g/mol. The topological polar surface area (TPSA) is 9.23 Å². The zero-order valence-corrected chi connectivity index (χ0v) is 16.0. The van der Waals surface area contributed by atoms with Crippen molar-refractivity contribution in [2.75, 3.05) is 12.5 Å². The van der Waals surface area contributed by atoms with E-state index in [0.717, 1.165) is 33.6 Å². The van der Waals surface area contributed by atoms with Crippen molar-refractivity contribution < 1.29 is 9.13 Å². The van der Waals surface area contributed by atoms with Gasteiger partial charge in [0.25, 0.3) is 0 Å². The second-order valence-electron chi connectivity index (χ2n) is 6.12. The number of rotatable bonds is 7. The van der Waals surface area contributed by atoms with Gasteiger partial charge < -0.3 is 4.74 Å². The molecule has 1 nitrogen and oxygen atoms in total. The Kier molecular flexibility index (Phi) is 6.67. The fraction of sp³-hybridized carbons (Fsp3) is 0.167. The SMILES string of the molecule is CCOc1ccc(C(=C(CCCl)c2ccccc2)c2ccc(F)cc2)cc1. The Morgan fingerprint density at radius 2 is 1.41 bits per heavy atom. The highest BCUT2D eigenvalue weighted by atomic mass is 35.5. The summed E-state index contributed by atoms with van der Waals surface area (Å²) in [4.78, 5) is 0. The van der Waals surface area contributed by atoms with Crippen LogP contribution in [0.3, 0.4) is 0 Å². The second kappa shape index (κ2) is 9.38. The van der Waals surface area contributed by atoms with Gasteiger partial charge in [0.15, 0.2) is 0 Å². The molecule has 0 heterocycles. The highest BCUT2D eigenvalue weighted by Gasteiger charge is 2.14. The minimum absolute atomic E-state index is 0.247. The Hall–Kier alpha value is -2.58. The fourth-order valence-electron chi connectivity index (χ4n) is 3.16. The summed E-state index contributed by atoms with van der Waals surface area (Å²) in [5.41, 5.74) is 5.33. The molecule has 0 aliphatic rings. The van der Waals surface area contributed by atoms with E-state index in [0.29, 0.717) is 18.9 Å². The van der Waals surface area contributed by atoms with E-state index in [-0.39, 0.29) is 5.82 Å². The van der Waals surface area contributed by atoms with Crippen LogP contribution >= 0.6 is 11.6 Å². The molecule has 0 saturated carbocycles. The predicted molar refractivity (Wildman–Crippen MR) is 112 cm³/mol. The summed E-state index contributed by atoms with van der Waals surface area (Å²) in [6.07, 6.45) is 0.714. The predicted octanol–water partition coefficient (Wildman–Crippen LogP) is 6.81. The largest absolute Gasteiger partial charge is 0.494 e. The molecule has 0 aliphatic heterocycles. The van der Waals surface area contributed by atoms with Crippen molar-refractivity contribution in [3.63, 3.8) is 0 Å². The molecule has 3 rings (SSSR count). The monoisotopic (exact) mass is 380 g/mol. The van der Waals surface area contributed by atoms with Gasteiger partial charge in [-0.05, 0) is 65.4 Å². The van der Waals surface area contributed by atoms with Crippen molar-refractivity contribution in [2.45, 2.75) is 13.3 Å². The number of hydrogen-bond acceptors (Lipinski definition) is 1. The summed E-state index contributed by atoms with van der Waals surface area (Å²) in [6.45, 7) is 2.59. The normalized spacial score (nSPS) is 11.8. The summed E-state index contributed by atoms with van der Waals surface area (Å²) in [5.74, 6) is 1.09. The Morgan fingerprint density at radius 1 is 0.815 bits per heavy atom. The molecule has 3 aromatic carbocycles. The summed E-state index contributed by atoms with van der Waals surface area (Å²) in [5, 5.41) is 0. The maximum atomic E-state index is 13.5. The zero-order chi connectivity index (χ0) is 19.1. The molecule has 0 radical (unpaired) electrons. The standard InChI is InChI=1S/C24H22ClFO/c1-2-27-22-14-10-20(11-15-22)24(19-8-12-21(26)13-9-19)23(16-17-25)18-6-4-3-5-7-18/h3-15H,2,16-17H2,1H3. The van der Waals surface area contributed by atoms with E-state index in [2.05, 4.69) is 12.1 Å². The third kappa shape index (κ3) is 4.78. The molecule has 0 fully saturated rings. The third-order valence-electron chi connectivity index (χ3n) is 4.36. The molecule has 27 heavy (non-hydrogen) atoms. The Morgan fingerprint density at radius 3 is 1.96 bits per heavy atom. The van der Waals surface area contributed by atoms with E-state index in [9.17, 15) is 4.39 Å². The molecule has 0 bridgehead atoms. The van der Waals surface area contributed by atoms with Crippen LogP contribution in [0, 0.1) is 5.82 Å². The molecule has 0 amide bonds. The lowest BCUT2D eigenvalue weighted by Crippen LogP contribution is -1.97. The Bertz CT molecular complexity index is 884. The van der Waals surface area contributed by atoms with Crippen LogP contribution in [-0.2, 0) is 0 Å². The molecule has 3 aromatic rings. The highest BCUT2D eigenvalue weighted by molar-refractivity contribution is 6.18. The van der Waals surface area contributed by atoms with Gasteiger partial charge in [0.05, 0.1) is 6.61 Å². The third-order valence-corrected chi connectivity index (χ3v) is 4.54. The molecular weight excluding hydrogens is 359 g/mol. The van der Waals surface area contributed by atoms with Gasteiger partial charge in [0, 0.05) is 5.88 Å². The molecule has 0 aliphatic carbocycles. The number of allylic oxidation sites excluding steroid dienone is 1. The summed E-state index contributed by atoms with van der Waals surface area (Å²) >= 11 is 6.14. The van der Waals surface area contributed by atoms with Gasteiger partial charge >= 0.3 is 0 Å². The van der Waals surface area contributed by atoms with Crippen molar-refractivity contribution in [1.29, 1.82) is 0 Å². The van der Waals surface area contributed by atoms with Gasteiger partial charge in [-0.2, -0.15) is 0 Å². The van der Waals surface area contributed by atoms with Crippen molar-refractivity contribution in [3.05, 3.63) is 101 Å². The molecule has 0 aromatic heterocycles. The number of halogens is 2.